The van der Waals surface area contributed by atoms with Crippen molar-refractivity contribution in [3.63, 3.8) is 0 Å². The van der Waals surface area contributed by atoms with Crippen molar-refractivity contribution in [2.45, 2.75) is 19.5 Å². The first kappa shape index (κ1) is 32.6. The number of carbonyl (C=O) groups is 4. The summed E-state index contributed by atoms with van der Waals surface area (Å²) in [6, 6.07) is 22.7. The Morgan fingerprint density at radius 1 is 0.809 bits per heavy atom. The molecule has 1 N–H and O–H groups in total. The minimum absolute atomic E-state index is 0.000486. The number of nitrogens with one attached hydrogen (secondary N) is 1. The smallest absolute Gasteiger partial charge is 0.299 e. The number of para-hydroxylation sites is 1. The standard InChI is InChI=1S/C36H35N3O8/c1-22-10-6-7-11-23(22)20-39(31(40)21-38-28-13-9-8-12-27(28)33(41)36(38)43)32(35(42)37-25-14-16-26(44-2)17-15-25)24-18-29(45-3)34(47-5)30(19-24)46-4/h6-19,32H,20-21H2,1-5H3,(H,37,42)/t32-/m0/s1. The van der Waals surface area contributed by atoms with Crippen molar-refractivity contribution in [1.29, 1.82) is 0 Å². The first-order valence-electron chi connectivity index (χ1n) is 14.7. The molecule has 1 atom stereocenters. The van der Waals surface area contributed by atoms with Crippen LogP contribution in [0, 0.1) is 6.92 Å². The molecule has 0 radical (unpaired) electrons. The second-order valence-corrected chi connectivity index (χ2v) is 10.8. The zero-order valence-corrected chi connectivity index (χ0v) is 26.7. The molecule has 1 heterocycles. The van der Waals surface area contributed by atoms with Gasteiger partial charge in [0.25, 0.3) is 17.6 Å². The predicted octanol–water partition coefficient (Wildman–Crippen LogP) is 4.97. The number of aryl methyl sites for hydroxylation is 1. The Hall–Kier alpha value is -5.84. The third-order valence-corrected chi connectivity index (χ3v) is 8.01. The third kappa shape index (κ3) is 6.60. The van der Waals surface area contributed by atoms with Crippen molar-refractivity contribution < 1.29 is 38.1 Å². The highest BCUT2D eigenvalue weighted by Crippen LogP contribution is 2.41. The monoisotopic (exact) mass is 637 g/mol. The SMILES string of the molecule is COc1ccc(NC(=O)[C@H](c2cc(OC)c(OC)c(OC)c2)N(Cc2ccccc2C)C(=O)CN2C(=O)C(=O)c3ccccc32)cc1. The van der Waals surface area contributed by atoms with E-state index in [-0.39, 0.29) is 23.6 Å². The molecule has 0 bridgehead atoms. The van der Waals surface area contributed by atoms with Crippen LogP contribution in [0.25, 0.3) is 0 Å². The fraction of sp³-hybridized carbons (Fsp3) is 0.222. The normalized spacial score (nSPS) is 12.7. The lowest BCUT2D eigenvalue weighted by molar-refractivity contribution is -0.139. The number of rotatable bonds is 12. The molecule has 4 aromatic rings. The van der Waals surface area contributed by atoms with Gasteiger partial charge in [-0.2, -0.15) is 0 Å². The Labute approximate surface area is 272 Å². The van der Waals surface area contributed by atoms with Crippen molar-refractivity contribution in [2.75, 3.05) is 45.2 Å². The van der Waals surface area contributed by atoms with Crippen LogP contribution >= 0.6 is 0 Å². The van der Waals surface area contributed by atoms with E-state index in [0.29, 0.717) is 28.4 Å². The highest BCUT2D eigenvalue weighted by atomic mass is 16.5. The van der Waals surface area contributed by atoms with Crippen LogP contribution in [-0.2, 0) is 20.9 Å². The van der Waals surface area contributed by atoms with Gasteiger partial charge in [0.1, 0.15) is 18.3 Å². The van der Waals surface area contributed by atoms with E-state index in [1.54, 1.807) is 67.8 Å². The number of Topliss-reactive ketones (excluding diaryl/α,β-unsaturated/α-hetero) is 1. The molecule has 11 heteroatoms. The van der Waals surface area contributed by atoms with Gasteiger partial charge in [-0.25, -0.2) is 0 Å². The van der Waals surface area contributed by atoms with E-state index in [4.69, 9.17) is 18.9 Å². The number of amides is 3. The van der Waals surface area contributed by atoms with Crippen molar-refractivity contribution in [2.24, 2.45) is 0 Å². The van der Waals surface area contributed by atoms with Crippen molar-refractivity contribution >= 4 is 34.9 Å². The van der Waals surface area contributed by atoms with Crippen LogP contribution in [0.1, 0.15) is 33.1 Å². The number of fused-ring (bicyclic) bond motifs is 1. The molecule has 0 spiro atoms. The van der Waals surface area contributed by atoms with E-state index < -0.39 is 36.1 Å². The number of nitrogens with zero attached hydrogens (tertiary/aromatic N) is 2. The summed E-state index contributed by atoms with van der Waals surface area (Å²) >= 11 is 0. The largest absolute Gasteiger partial charge is 0.497 e. The molecule has 3 amide bonds. The molecule has 5 rings (SSSR count). The van der Waals surface area contributed by atoms with E-state index in [1.165, 1.54) is 26.2 Å². The van der Waals surface area contributed by atoms with Crippen LogP contribution in [0.5, 0.6) is 23.0 Å². The Balaban J connectivity index is 1.64. The lowest BCUT2D eigenvalue weighted by Gasteiger charge is -2.33. The zero-order chi connectivity index (χ0) is 33.7. The number of methoxy groups -OCH3 is 4. The number of ketones is 1. The van der Waals surface area contributed by atoms with Gasteiger partial charge in [-0.1, -0.05) is 36.4 Å². The molecule has 242 valence electrons. The van der Waals surface area contributed by atoms with E-state index >= 15 is 0 Å². The Morgan fingerprint density at radius 2 is 1.45 bits per heavy atom. The van der Waals surface area contributed by atoms with Gasteiger partial charge in [-0.15, -0.1) is 0 Å². The molecular weight excluding hydrogens is 602 g/mol. The summed E-state index contributed by atoms with van der Waals surface area (Å²) in [6.07, 6.45) is 0. The molecule has 0 unspecified atom stereocenters. The second-order valence-electron chi connectivity index (χ2n) is 10.8. The second kappa shape index (κ2) is 14.1. The number of benzene rings is 4. The zero-order valence-electron chi connectivity index (χ0n) is 26.7. The van der Waals surface area contributed by atoms with E-state index in [2.05, 4.69) is 5.32 Å². The molecule has 47 heavy (non-hydrogen) atoms. The molecule has 0 aromatic heterocycles. The summed E-state index contributed by atoms with van der Waals surface area (Å²) in [5.41, 5.74) is 3.04. The molecule has 4 aromatic carbocycles. The average molecular weight is 638 g/mol. The maximum atomic E-state index is 14.5. The van der Waals surface area contributed by atoms with Gasteiger partial charge in [0.2, 0.25) is 11.7 Å². The Bertz CT molecular complexity index is 1800. The molecular formula is C36H35N3O8. The van der Waals surface area contributed by atoms with Crippen LogP contribution in [0.2, 0.25) is 0 Å². The van der Waals surface area contributed by atoms with Crippen LogP contribution in [0.4, 0.5) is 11.4 Å². The maximum Gasteiger partial charge on any atom is 0.299 e. The Morgan fingerprint density at radius 3 is 2.06 bits per heavy atom. The lowest BCUT2D eigenvalue weighted by atomic mass is 10.00. The van der Waals surface area contributed by atoms with Crippen LogP contribution in [0.15, 0.2) is 84.9 Å². The van der Waals surface area contributed by atoms with Crippen LogP contribution in [-0.4, -0.2) is 63.4 Å². The van der Waals surface area contributed by atoms with Gasteiger partial charge in [0, 0.05) is 12.2 Å². The minimum atomic E-state index is -1.26. The number of anilines is 2. The van der Waals surface area contributed by atoms with E-state index in [0.717, 1.165) is 16.0 Å². The molecule has 0 fully saturated rings. The van der Waals surface area contributed by atoms with Crippen LogP contribution < -0.4 is 29.2 Å². The van der Waals surface area contributed by atoms with Crippen LogP contribution in [0.3, 0.4) is 0 Å². The van der Waals surface area contributed by atoms with Gasteiger partial charge >= 0.3 is 0 Å². The molecule has 0 saturated heterocycles. The van der Waals surface area contributed by atoms with E-state index in [1.807, 2.05) is 31.2 Å². The first-order chi connectivity index (χ1) is 22.7. The lowest BCUT2D eigenvalue weighted by Crippen LogP contribution is -2.46. The van der Waals surface area contributed by atoms with Crippen molar-refractivity contribution in [3.05, 3.63) is 107 Å². The number of ether oxygens (including phenoxy) is 4. The van der Waals surface area contributed by atoms with Crippen molar-refractivity contribution in [3.8, 4) is 23.0 Å². The summed E-state index contributed by atoms with van der Waals surface area (Å²) < 4.78 is 22.0. The summed E-state index contributed by atoms with van der Waals surface area (Å²) in [6.45, 7) is 1.42. The quantitative estimate of drug-likeness (QED) is 0.216. The minimum Gasteiger partial charge on any atom is -0.497 e. The summed E-state index contributed by atoms with van der Waals surface area (Å²) in [5, 5.41) is 2.92. The highest BCUT2D eigenvalue weighted by molar-refractivity contribution is 6.52. The summed E-state index contributed by atoms with van der Waals surface area (Å²) in [4.78, 5) is 57.3. The first-order valence-corrected chi connectivity index (χ1v) is 14.7. The fourth-order valence-corrected chi connectivity index (χ4v) is 5.54. The Kier molecular flexibility index (Phi) is 9.74. The fourth-order valence-electron chi connectivity index (χ4n) is 5.54. The third-order valence-electron chi connectivity index (χ3n) is 8.01. The van der Waals surface area contributed by atoms with Gasteiger partial charge in [0.15, 0.2) is 11.5 Å². The number of carbonyl (C=O) groups excluding carboxylic acids is 4. The highest BCUT2D eigenvalue weighted by Gasteiger charge is 2.40. The van der Waals surface area contributed by atoms with Gasteiger partial charge in [0.05, 0.1) is 39.7 Å². The summed E-state index contributed by atoms with van der Waals surface area (Å²) in [7, 11) is 5.92. The summed E-state index contributed by atoms with van der Waals surface area (Å²) in [5.74, 6) is -1.17. The predicted molar refractivity (Wildman–Crippen MR) is 175 cm³/mol. The average Bonchev–Trinajstić information content (AvgIpc) is 3.33. The van der Waals surface area contributed by atoms with E-state index in [9.17, 15) is 19.2 Å². The molecule has 11 nitrogen and oxygen atoms in total. The van der Waals surface area contributed by atoms with Crippen molar-refractivity contribution in [1.82, 2.24) is 4.90 Å². The maximum absolute atomic E-state index is 14.5. The molecule has 1 aliphatic rings. The van der Waals surface area contributed by atoms with Gasteiger partial charge < -0.3 is 29.2 Å². The van der Waals surface area contributed by atoms with Gasteiger partial charge in [-0.3, -0.25) is 24.1 Å². The topological polar surface area (TPSA) is 124 Å². The van der Waals surface area contributed by atoms with Gasteiger partial charge in [-0.05, 0) is 72.1 Å². The molecule has 0 saturated carbocycles. The number of hydrogen-bond donors (Lipinski definition) is 1. The molecule has 0 aliphatic carbocycles. The molecule has 1 aliphatic heterocycles. The number of hydrogen-bond acceptors (Lipinski definition) is 8.